The minimum Gasteiger partial charge on any atom is -0.398 e. The lowest BCUT2D eigenvalue weighted by Gasteiger charge is -2.12. The van der Waals surface area contributed by atoms with Crippen LogP contribution < -0.4 is 10.5 Å². The SMILES string of the molecule is Cc1ccc(F)cc1NS(=O)(=O)c1ccc(Cl)cc1N. The first-order valence-corrected chi connectivity index (χ1v) is 7.50. The van der Waals surface area contributed by atoms with E-state index in [-0.39, 0.29) is 16.3 Å². The van der Waals surface area contributed by atoms with E-state index in [1.807, 2.05) is 0 Å². The van der Waals surface area contributed by atoms with Crippen LogP contribution in [0.2, 0.25) is 5.02 Å². The summed E-state index contributed by atoms with van der Waals surface area (Å²) in [4.78, 5) is -0.106. The van der Waals surface area contributed by atoms with E-state index in [2.05, 4.69) is 4.72 Å². The predicted molar refractivity (Wildman–Crippen MR) is 77.8 cm³/mol. The number of anilines is 2. The Morgan fingerprint density at radius 2 is 1.90 bits per heavy atom. The minimum atomic E-state index is -3.90. The third-order valence-corrected chi connectivity index (χ3v) is 4.38. The van der Waals surface area contributed by atoms with Gasteiger partial charge >= 0.3 is 0 Å². The highest BCUT2D eigenvalue weighted by atomic mass is 35.5. The van der Waals surface area contributed by atoms with Crippen molar-refractivity contribution in [2.24, 2.45) is 0 Å². The van der Waals surface area contributed by atoms with E-state index >= 15 is 0 Å². The molecule has 0 aliphatic heterocycles. The number of benzene rings is 2. The molecule has 0 aliphatic rings. The fourth-order valence-corrected chi connectivity index (χ4v) is 3.08. The molecule has 0 radical (unpaired) electrons. The molecule has 0 spiro atoms. The Balaban J connectivity index is 2.43. The summed E-state index contributed by atoms with van der Waals surface area (Å²) in [7, 11) is -3.90. The molecule has 0 atom stereocenters. The van der Waals surface area contributed by atoms with Gasteiger partial charge in [0.15, 0.2) is 0 Å². The van der Waals surface area contributed by atoms with Gasteiger partial charge in [0, 0.05) is 5.02 Å². The molecule has 106 valence electrons. The molecule has 2 aromatic rings. The van der Waals surface area contributed by atoms with Crippen molar-refractivity contribution in [1.82, 2.24) is 0 Å². The summed E-state index contributed by atoms with van der Waals surface area (Å²) in [6, 6.07) is 7.91. The summed E-state index contributed by atoms with van der Waals surface area (Å²) >= 11 is 5.73. The first kappa shape index (κ1) is 14.6. The summed E-state index contributed by atoms with van der Waals surface area (Å²) in [5.41, 5.74) is 6.44. The third kappa shape index (κ3) is 3.02. The maximum atomic E-state index is 13.2. The van der Waals surface area contributed by atoms with Gasteiger partial charge in [0.2, 0.25) is 0 Å². The van der Waals surface area contributed by atoms with Crippen molar-refractivity contribution in [2.75, 3.05) is 10.5 Å². The average molecular weight is 315 g/mol. The van der Waals surface area contributed by atoms with Crippen LogP contribution in [0.1, 0.15) is 5.56 Å². The molecule has 0 aliphatic carbocycles. The molecule has 2 aromatic carbocycles. The van der Waals surface area contributed by atoms with Crippen LogP contribution in [0.3, 0.4) is 0 Å². The van der Waals surface area contributed by atoms with E-state index in [9.17, 15) is 12.8 Å². The number of hydrogen-bond acceptors (Lipinski definition) is 3. The van der Waals surface area contributed by atoms with Crippen LogP contribution in [-0.2, 0) is 10.0 Å². The lowest BCUT2D eigenvalue weighted by Crippen LogP contribution is -2.15. The number of nitrogens with one attached hydrogen (secondary N) is 1. The Bertz CT molecular complexity index is 763. The number of sulfonamides is 1. The summed E-state index contributed by atoms with van der Waals surface area (Å²) < 4.78 is 40.0. The van der Waals surface area contributed by atoms with Gasteiger partial charge in [-0.1, -0.05) is 17.7 Å². The molecular weight excluding hydrogens is 303 g/mol. The second-order valence-electron chi connectivity index (χ2n) is 4.25. The van der Waals surface area contributed by atoms with E-state index < -0.39 is 15.8 Å². The Hall–Kier alpha value is -1.79. The number of nitrogen functional groups attached to an aromatic ring is 1. The van der Waals surface area contributed by atoms with E-state index in [1.165, 1.54) is 30.3 Å². The molecular formula is C13H12ClFN2O2S. The molecule has 4 nitrogen and oxygen atoms in total. The van der Waals surface area contributed by atoms with Gasteiger partial charge < -0.3 is 5.73 Å². The maximum Gasteiger partial charge on any atom is 0.263 e. The van der Waals surface area contributed by atoms with Crippen molar-refractivity contribution in [3.63, 3.8) is 0 Å². The lowest BCUT2D eigenvalue weighted by molar-refractivity contribution is 0.601. The molecule has 0 saturated heterocycles. The highest BCUT2D eigenvalue weighted by Gasteiger charge is 2.18. The lowest BCUT2D eigenvalue weighted by atomic mass is 10.2. The van der Waals surface area contributed by atoms with Gasteiger partial charge in [-0.05, 0) is 42.8 Å². The first-order valence-electron chi connectivity index (χ1n) is 5.63. The summed E-state index contributed by atoms with van der Waals surface area (Å²) in [6.07, 6.45) is 0. The molecule has 0 bridgehead atoms. The normalized spacial score (nSPS) is 11.3. The van der Waals surface area contributed by atoms with Crippen molar-refractivity contribution >= 4 is 33.0 Å². The standard InChI is InChI=1S/C13H12ClFN2O2S/c1-8-2-4-10(15)7-12(8)17-20(18,19)13-5-3-9(14)6-11(13)16/h2-7,17H,16H2,1H3. The zero-order valence-electron chi connectivity index (χ0n) is 10.5. The second-order valence-corrected chi connectivity index (χ2v) is 6.33. The number of hydrogen-bond donors (Lipinski definition) is 2. The number of halogens is 2. The fourth-order valence-electron chi connectivity index (χ4n) is 1.67. The molecule has 0 aromatic heterocycles. The molecule has 7 heteroatoms. The van der Waals surface area contributed by atoms with E-state index in [0.29, 0.717) is 10.6 Å². The summed E-state index contributed by atoms with van der Waals surface area (Å²) in [5.74, 6) is -0.530. The van der Waals surface area contributed by atoms with Crippen LogP contribution in [0.25, 0.3) is 0 Å². The van der Waals surface area contributed by atoms with Crippen molar-refractivity contribution in [3.05, 3.63) is 52.8 Å². The molecule has 20 heavy (non-hydrogen) atoms. The molecule has 3 N–H and O–H groups in total. The Kier molecular flexibility index (Phi) is 3.87. The van der Waals surface area contributed by atoms with Crippen LogP contribution in [-0.4, -0.2) is 8.42 Å². The molecule has 0 fully saturated rings. The molecule has 0 amide bonds. The van der Waals surface area contributed by atoms with Crippen LogP contribution in [0.5, 0.6) is 0 Å². The van der Waals surface area contributed by atoms with Crippen LogP contribution in [0.4, 0.5) is 15.8 Å². The predicted octanol–water partition coefficient (Wildman–Crippen LogP) is 3.17. The van der Waals surface area contributed by atoms with Crippen LogP contribution >= 0.6 is 11.6 Å². The maximum absolute atomic E-state index is 13.2. The fraction of sp³-hybridized carbons (Fsp3) is 0.0769. The van der Waals surface area contributed by atoms with Gasteiger partial charge in [0.1, 0.15) is 10.7 Å². The van der Waals surface area contributed by atoms with Gasteiger partial charge in [-0.15, -0.1) is 0 Å². The average Bonchev–Trinajstić information content (AvgIpc) is 2.33. The monoisotopic (exact) mass is 314 g/mol. The quantitative estimate of drug-likeness (QED) is 0.855. The molecule has 2 rings (SSSR count). The van der Waals surface area contributed by atoms with Crippen molar-refractivity contribution in [1.29, 1.82) is 0 Å². The Morgan fingerprint density at radius 1 is 1.20 bits per heavy atom. The Morgan fingerprint density at radius 3 is 2.55 bits per heavy atom. The third-order valence-electron chi connectivity index (χ3n) is 2.71. The van der Waals surface area contributed by atoms with E-state index in [1.54, 1.807) is 6.92 Å². The Labute approximate surface area is 121 Å². The topological polar surface area (TPSA) is 72.2 Å². The van der Waals surface area contributed by atoms with Gasteiger partial charge in [-0.25, -0.2) is 12.8 Å². The van der Waals surface area contributed by atoms with Crippen molar-refractivity contribution in [3.8, 4) is 0 Å². The number of nitrogens with two attached hydrogens (primary N) is 1. The zero-order chi connectivity index (χ0) is 14.9. The van der Waals surface area contributed by atoms with E-state index in [4.69, 9.17) is 17.3 Å². The van der Waals surface area contributed by atoms with Gasteiger partial charge in [0.05, 0.1) is 11.4 Å². The largest absolute Gasteiger partial charge is 0.398 e. The highest BCUT2D eigenvalue weighted by molar-refractivity contribution is 7.92. The highest BCUT2D eigenvalue weighted by Crippen LogP contribution is 2.26. The van der Waals surface area contributed by atoms with Gasteiger partial charge in [-0.3, -0.25) is 4.72 Å². The van der Waals surface area contributed by atoms with Crippen LogP contribution in [0, 0.1) is 12.7 Å². The summed E-state index contributed by atoms with van der Waals surface area (Å²) in [5, 5.41) is 0.336. The van der Waals surface area contributed by atoms with Crippen molar-refractivity contribution < 1.29 is 12.8 Å². The van der Waals surface area contributed by atoms with Gasteiger partial charge in [0.25, 0.3) is 10.0 Å². The zero-order valence-corrected chi connectivity index (χ0v) is 12.1. The molecule has 0 heterocycles. The minimum absolute atomic E-state index is 0.0269. The molecule has 0 saturated carbocycles. The van der Waals surface area contributed by atoms with E-state index in [0.717, 1.165) is 6.07 Å². The number of aryl methyl sites for hydroxylation is 1. The van der Waals surface area contributed by atoms with Gasteiger partial charge in [-0.2, -0.15) is 0 Å². The van der Waals surface area contributed by atoms with Crippen LogP contribution in [0.15, 0.2) is 41.3 Å². The van der Waals surface area contributed by atoms with Crippen molar-refractivity contribution in [2.45, 2.75) is 11.8 Å². The molecule has 0 unspecified atom stereocenters. The number of rotatable bonds is 3. The smallest absolute Gasteiger partial charge is 0.263 e. The second kappa shape index (κ2) is 5.30. The summed E-state index contributed by atoms with van der Waals surface area (Å²) in [6.45, 7) is 1.67. The first-order chi connectivity index (χ1) is 9.29.